The van der Waals surface area contributed by atoms with Crippen LogP contribution in [0.25, 0.3) is 0 Å². The van der Waals surface area contributed by atoms with Crippen LogP contribution in [-0.4, -0.2) is 9.46 Å². The van der Waals surface area contributed by atoms with Crippen molar-refractivity contribution in [3.63, 3.8) is 0 Å². The van der Waals surface area contributed by atoms with E-state index in [9.17, 15) is 0 Å². The molecule has 0 unspecified atom stereocenters. The van der Waals surface area contributed by atoms with Crippen molar-refractivity contribution in [2.45, 2.75) is 0 Å². The Hall–Kier alpha value is 4.74. The van der Waals surface area contributed by atoms with Gasteiger partial charge >= 0.3 is 143 Å². The van der Waals surface area contributed by atoms with Gasteiger partial charge in [-0.15, -0.1) is 0 Å². The van der Waals surface area contributed by atoms with Crippen LogP contribution < -0.4 is 0 Å². The van der Waals surface area contributed by atoms with E-state index in [2.05, 4.69) is 131 Å². The Bertz CT molecular complexity index is 106. The summed E-state index contributed by atoms with van der Waals surface area (Å²) in [6, 6.07) is 0. The van der Waals surface area contributed by atoms with Gasteiger partial charge in [-0.1, -0.05) is 0 Å². The summed E-state index contributed by atoms with van der Waals surface area (Å²) in [5, 5.41) is 0. The van der Waals surface area contributed by atoms with Crippen LogP contribution in [0.5, 0.6) is 0 Å². The summed E-state index contributed by atoms with van der Waals surface area (Å²) in [6.07, 6.45) is 0. The molecular formula is C4HV9-3. The third-order valence-electron chi connectivity index (χ3n) is 0.241. The van der Waals surface area contributed by atoms with Crippen LogP contribution in [0, 0.1) is 6.58 Å². The first-order chi connectivity index (χ1) is 5.81. The number of rotatable bonds is 2. The van der Waals surface area contributed by atoms with Crippen LogP contribution in [0.3, 0.4) is 0 Å². The van der Waals surface area contributed by atoms with Gasteiger partial charge in [0, 0.05) is 18.6 Å². The molecule has 0 aromatic rings. The van der Waals surface area contributed by atoms with Crippen molar-refractivity contribution in [2.24, 2.45) is 0 Å². The summed E-state index contributed by atoms with van der Waals surface area (Å²) >= 11 is 17.8. The fourth-order valence-corrected chi connectivity index (χ4v) is 0.425. The standard InChI is InChI=1S/C4H.9V/c1-4(2)3;;;;;;;;;/h1H;;;;;;;;;/q-3;;;;;;;;;. The third-order valence-corrected chi connectivity index (χ3v) is 0.993. The van der Waals surface area contributed by atoms with Gasteiger partial charge in [-0.2, -0.15) is 0 Å². The predicted molar refractivity (Wildman–Crippen MR) is 17.8 cm³/mol. The molecule has 0 heterocycles. The molecule has 0 amide bonds. The Morgan fingerprint density at radius 3 is 0.923 bits per heavy atom. The molecule has 0 aromatic heterocycles. The quantitative estimate of drug-likeness (QED) is 0.454. The molecule has 0 aliphatic carbocycles. The molecule has 0 saturated heterocycles. The summed E-state index contributed by atoms with van der Waals surface area (Å²) in [5.74, 6) is 0. The molecule has 0 atom stereocenters. The fraction of sp³-hybridized carbons (Fsp3) is 0. The van der Waals surface area contributed by atoms with Gasteiger partial charge < -0.3 is 0 Å². The first-order valence-corrected chi connectivity index (χ1v) is 12.8. The molecule has 0 saturated carbocycles. The Balaban J connectivity index is -0.0000000263. The maximum absolute atomic E-state index is 5.14. The monoisotopic (exact) mass is 508 g/mol. The molecule has 13 heavy (non-hydrogen) atoms. The molecule has 0 aliphatic rings. The summed E-state index contributed by atoms with van der Waals surface area (Å²) in [7, 11) is 0. The molecule has 0 aliphatic heterocycles. The summed E-state index contributed by atoms with van der Waals surface area (Å²) in [6.45, 7) is 5.14. The van der Waals surface area contributed by atoms with Gasteiger partial charge in [0.05, 0.1) is 0 Å². The van der Waals surface area contributed by atoms with Crippen LogP contribution in [0.15, 0.2) is 5.57 Å². The van der Waals surface area contributed by atoms with Gasteiger partial charge in [0.25, 0.3) is 0 Å². The molecular weight excluding hydrogens is 507 g/mol. The van der Waals surface area contributed by atoms with Crippen molar-refractivity contribution < 1.29 is 140 Å². The van der Waals surface area contributed by atoms with E-state index in [0.717, 1.165) is 0 Å². The van der Waals surface area contributed by atoms with E-state index in [-0.39, 0.29) is 18.6 Å². The van der Waals surface area contributed by atoms with E-state index in [1.165, 1.54) is 0 Å². The Morgan fingerprint density at radius 1 is 0.769 bits per heavy atom. The Morgan fingerprint density at radius 2 is 0.923 bits per heavy atom. The van der Waals surface area contributed by atoms with E-state index in [0.29, 0.717) is 5.57 Å². The van der Waals surface area contributed by atoms with Gasteiger partial charge in [0.2, 0.25) is 0 Å². The third kappa shape index (κ3) is 47.6. The summed E-state index contributed by atoms with van der Waals surface area (Å²) in [4.78, 5) is 0. The van der Waals surface area contributed by atoms with Crippen molar-refractivity contribution in [1.82, 2.24) is 0 Å². The van der Waals surface area contributed by atoms with Crippen molar-refractivity contribution in [1.29, 1.82) is 0 Å². The van der Waals surface area contributed by atoms with Crippen LogP contribution in [0.2, 0.25) is 0 Å². The zero-order valence-electron chi connectivity index (χ0n) is 6.10. The minimum absolute atomic E-state index is 0. The number of hydrogen-bond acceptors (Lipinski definition) is 0. The molecule has 9 heteroatoms. The van der Waals surface area contributed by atoms with Gasteiger partial charge in [-0.05, 0) is 0 Å². The summed E-state index contributed by atoms with van der Waals surface area (Å²) in [5.41, 5.74) is 0.537. The van der Waals surface area contributed by atoms with Crippen molar-refractivity contribution in [2.75, 3.05) is 0 Å². The van der Waals surface area contributed by atoms with E-state index in [4.69, 9.17) is 6.58 Å². The fourth-order valence-electron chi connectivity index (χ4n) is 0.0250. The van der Waals surface area contributed by atoms with Crippen LogP contribution in [0.1, 0.15) is 0 Å². The second kappa shape index (κ2) is 43.7. The molecule has 0 spiro atoms. The molecule has 65 valence electrons. The molecule has 0 N–H and O–H groups in total. The van der Waals surface area contributed by atoms with Gasteiger partial charge in [-0.3, -0.25) is 0 Å². The van der Waals surface area contributed by atoms with Crippen molar-refractivity contribution in [3.05, 3.63) is 12.2 Å². The van der Waals surface area contributed by atoms with E-state index in [1.54, 1.807) is 0 Å². The second-order valence-electron chi connectivity index (χ2n) is 0.637. The average Bonchev–Trinajstić information content (AvgIpc) is 2.25. The minimum atomic E-state index is 0. The van der Waals surface area contributed by atoms with Crippen LogP contribution in [0.4, 0.5) is 0 Å². The molecule has 0 fully saturated rings. The molecule has 0 aromatic carbocycles. The SMILES string of the molecule is [CH-]=C([C-]=[V])[C-]=[V].[V].[V]=[V].[V]=[V].[V]=[V]. The van der Waals surface area contributed by atoms with E-state index < -0.39 is 0 Å². The van der Waals surface area contributed by atoms with Crippen molar-refractivity contribution >= 4 is 9.46 Å². The first kappa shape index (κ1) is 30.6. The number of allylic oxidation sites excluding steroid dienone is 1. The molecule has 0 nitrogen and oxygen atoms in total. The normalized spacial score (nSPS) is 3.38. The first-order valence-electron chi connectivity index (χ1n) is 1.84. The van der Waals surface area contributed by atoms with E-state index >= 15 is 0 Å². The predicted octanol–water partition coefficient (Wildman–Crippen LogP) is -0.220. The number of hydrogen-bond donors (Lipinski definition) is 0. The Labute approximate surface area is 158 Å². The molecule has 0 bridgehead atoms. The van der Waals surface area contributed by atoms with Crippen molar-refractivity contribution in [3.8, 4) is 0 Å². The van der Waals surface area contributed by atoms with Gasteiger partial charge in [-0.25, -0.2) is 0 Å². The average molecular weight is 508 g/mol. The van der Waals surface area contributed by atoms with E-state index in [1.807, 2.05) is 0 Å². The summed E-state index contributed by atoms with van der Waals surface area (Å²) < 4.78 is 5.24. The topological polar surface area (TPSA) is 0 Å². The second-order valence-corrected chi connectivity index (χ2v) is 1.34. The van der Waals surface area contributed by atoms with Gasteiger partial charge in [0.15, 0.2) is 0 Å². The van der Waals surface area contributed by atoms with Crippen LogP contribution in [-0.2, 0) is 140 Å². The zero-order chi connectivity index (χ0) is 11.0. The van der Waals surface area contributed by atoms with Crippen LogP contribution >= 0.6 is 0 Å². The Kier molecular flexibility index (Phi) is 103. The molecule has 0 rings (SSSR count). The van der Waals surface area contributed by atoms with Gasteiger partial charge in [0.1, 0.15) is 0 Å². The maximum atomic E-state index is 5.14. The molecule has 1 radical (unpaired) electrons. The zero-order valence-corrected chi connectivity index (χ0v) is 18.7.